The van der Waals surface area contributed by atoms with E-state index in [4.69, 9.17) is 25.5 Å². The first-order valence-corrected chi connectivity index (χ1v) is 5.61. The molecule has 22 heavy (non-hydrogen) atoms. The highest BCUT2D eigenvalue weighted by Crippen LogP contribution is 2.45. The smallest absolute Gasteiger partial charge is 0.334 e. The third kappa shape index (κ3) is 2.36. The van der Waals surface area contributed by atoms with Gasteiger partial charge in [0, 0.05) is 12.8 Å². The first-order valence-electron chi connectivity index (χ1n) is 5.61. The molecular weight excluding hydrogens is 308 g/mol. The van der Waals surface area contributed by atoms with Crippen LogP contribution in [0, 0.1) is 10.8 Å². The van der Waals surface area contributed by atoms with Crippen LogP contribution in [0.3, 0.4) is 0 Å². The summed E-state index contributed by atoms with van der Waals surface area (Å²) in [4.78, 5) is 67.8. The maximum absolute atomic E-state index is 11.4. The van der Waals surface area contributed by atoms with Crippen molar-refractivity contribution in [2.45, 2.75) is 19.8 Å². The Morgan fingerprint density at radius 2 is 1.00 bits per heavy atom. The minimum absolute atomic E-state index is 0.447. The van der Waals surface area contributed by atoms with Gasteiger partial charge in [-0.3, -0.25) is 28.8 Å². The Bertz CT molecular complexity index is 508. The lowest BCUT2D eigenvalue weighted by atomic mass is 9.60. The van der Waals surface area contributed by atoms with E-state index in [1.807, 2.05) is 0 Å². The number of rotatable bonds is 9. The maximum atomic E-state index is 11.4. The van der Waals surface area contributed by atoms with E-state index >= 15 is 0 Å². The molecule has 0 aromatic rings. The van der Waals surface area contributed by atoms with E-state index in [1.165, 1.54) is 6.92 Å². The fourth-order valence-corrected chi connectivity index (χ4v) is 1.94. The Balaban J connectivity index is 6.95. The zero-order valence-corrected chi connectivity index (χ0v) is 11.1. The average Bonchev–Trinajstić information content (AvgIpc) is 2.35. The van der Waals surface area contributed by atoms with Crippen LogP contribution in [0.4, 0.5) is 0 Å². The van der Waals surface area contributed by atoms with Gasteiger partial charge in [0.2, 0.25) is 5.41 Å². The number of carboxylic acid groups (broad SMARTS) is 5. The second kappa shape index (κ2) is 6.20. The van der Waals surface area contributed by atoms with Crippen LogP contribution in [-0.2, 0) is 28.8 Å². The number of hydrogen-bond donors (Lipinski definition) is 5. The van der Waals surface area contributed by atoms with Crippen molar-refractivity contribution in [3.8, 4) is 0 Å². The van der Waals surface area contributed by atoms with Gasteiger partial charge in [-0.1, -0.05) is 6.92 Å². The molecule has 0 unspecified atom stereocenters. The minimum Gasteiger partial charge on any atom is -0.480 e. The predicted octanol–water partition coefficient (Wildman–Crippen LogP) is -1.25. The van der Waals surface area contributed by atoms with Crippen molar-refractivity contribution in [2.24, 2.45) is 10.8 Å². The van der Waals surface area contributed by atoms with E-state index in [0.717, 1.165) is 0 Å². The molecule has 0 saturated carbocycles. The Morgan fingerprint density at radius 3 is 1.18 bits per heavy atom. The van der Waals surface area contributed by atoms with Gasteiger partial charge in [-0.15, -0.1) is 0 Å². The standard InChI is InChI=1S/C11H12O11/c1-2-4(12)3-10(5(13)14,6(15)16)11(7(17)18,8(19)20)9(21)22/h2-3H2,1H3,(H,13,14)(H,15,16)(H,17,18)(H,19,20)(H,21,22). The normalized spacial score (nSPS) is 11.5. The Labute approximate surface area is 121 Å². The minimum atomic E-state index is -4.28. The third-order valence-corrected chi connectivity index (χ3v) is 3.19. The molecule has 11 heteroatoms. The summed E-state index contributed by atoms with van der Waals surface area (Å²) in [7, 11) is 0. The zero-order valence-electron chi connectivity index (χ0n) is 11.1. The quantitative estimate of drug-likeness (QED) is 0.317. The zero-order chi connectivity index (χ0) is 17.9. The number of ketones is 1. The number of carbonyl (C=O) groups is 6. The summed E-state index contributed by atoms with van der Waals surface area (Å²) in [6, 6.07) is 0. The molecule has 0 aliphatic rings. The largest absolute Gasteiger partial charge is 0.480 e. The Kier molecular flexibility index (Phi) is 5.36. The molecule has 0 radical (unpaired) electrons. The summed E-state index contributed by atoms with van der Waals surface area (Å²) in [6.07, 6.45) is -2.06. The van der Waals surface area contributed by atoms with Gasteiger partial charge in [0.15, 0.2) is 0 Å². The molecule has 5 N–H and O–H groups in total. The van der Waals surface area contributed by atoms with Crippen molar-refractivity contribution in [1.82, 2.24) is 0 Å². The van der Waals surface area contributed by atoms with Gasteiger partial charge in [-0.05, 0) is 0 Å². The van der Waals surface area contributed by atoms with E-state index in [-0.39, 0.29) is 0 Å². The second-order valence-corrected chi connectivity index (χ2v) is 4.25. The van der Waals surface area contributed by atoms with Crippen molar-refractivity contribution in [3.05, 3.63) is 0 Å². The predicted molar refractivity (Wildman–Crippen MR) is 63.0 cm³/mol. The molecule has 0 aromatic heterocycles. The molecule has 0 aliphatic carbocycles. The van der Waals surface area contributed by atoms with Crippen LogP contribution >= 0.6 is 0 Å². The van der Waals surface area contributed by atoms with Crippen molar-refractivity contribution in [3.63, 3.8) is 0 Å². The van der Waals surface area contributed by atoms with Crippen molar-refractivity contribution in [2.75, 3.05) is 0 Å². The van der Waals surface area contributed by atoms with Gasteiger partial charge in [0.25, 0.3) is 5.41 Å². The summed E-state index contributed by atoms with van der Waals surface area (Å²) >= 11 is 0. The molecule has 11 nitrogen and oxygen atoms in total. The fourth-order valence-electron chi connectivity index (χ4n) is 1.94. The highest BCUT2D eigenvalue weighted by molar-refractivity contribution is 6.25. The van der Waals surface area contributed by atoms with E-state index in [2.05, 4.69) is 0 Å². The molecule has 0 rings (SSSR count). The van der Waals surface area contributed by atoms with Crippen molar-refractivity contribution >= 4 is 35.6 Å². The van der Waals surface area contributed by atoms with Gasteiger partial charge in [0.05, 0.1) is 0 Å². The second-order valence-electron chi connectivity index (χ2n) is 4.25. The molecular formula is C11H12O11. The van der Waals surface area contributed by atoms with Crippen LogP contribution in [0.1, 0.15) is 19.8 Å². The van der Waals surface area contributed by atoms with Crippen LogP contribution < -0.4 is 0 Å². The van der Waals surface area contributed by atoms with E-state index in [0.29, 0.717) is 0 Å². The van der Waals surface area contributed by atoms with E-state index in [9.17, 15) is 28.8 Å². The molecule has 0 heterocycles. The third-order valence-electron chi connectivity index (χ3n) is 3.19. The van der Waals surface area contributed by atoms with Crippen molar-refractivity contribution < 1.29 is 54.3 Å². The summed E-state index contributed by atoms with van der Waals surface area (Å²) in [5.41, 5.74) is -8.20. The average molecular weight is 320 g/mol. The lowest BCUT2D eigenvalue weighted by Gasteiger charge is -2.34. The molecule has 0 aromatic carbocycles. The van der Waals surface area contributed by atoms with Gasteiger partial charge >= 0.3 is 29.8 Å². The summed E-state index contributed by atoms with van der Waals surface area (Å²) < 4.78 is 0. The lowest BCUT2D eigenvalue weighted by molar-refractivity contribution is -0.202. The van der Waals surface area contributed by atoms with Crippen LogP contribution in [0.2, 0.25) is 0 Å². The first kappa shape index (κ1) is 19.0. The molecule has 0 aliphatic heterocycles. The van der Waals surface area contributed by atoms with Crippen LogP contribution in [-0.4, -0.2) is 61.2 Å². The number of carboxylic acids is 5. The van der Waals surface area contributed by atoms with Crippen molar-refractivity contribution in [1.29, 1.82) is 0 Å². The van der Waals surface area contributed by atoms with Crippen LogP contribution in [0.15, 0.2) is 0 Å². The molecule has 0 saturated heterocycles. The van der Waals surface area contributed by atoms with Gasteiger partial charge in [0.1, 0.15) is 5.78 Å². The number of hydrogen-bond acceptors (Lipinski definition) is 6. The molecule has 0 bridgehead atoms. The monoisotopic (exact) mass is 320 g/mol. The maximum Gasteiger partial charge on any atom is 0.334 e. The van der Waals surface area contributed by atoms with Gasteiger partial charge < -0.3 is 25.5 Å². The Morgan fingerprint density at radius 1 is 0.682 bits per heavy atom. The first-order chi connectivity index (χ1) is 9.92. The fraction of sp³-hybridized carbons (Fsp3) is 0.455. The molecule has 0 amide bonds. The lowest BCUT2D eigenvalue weighted by Crippen LogP contribution is -2.65. The Hall–Kier alpha value is -2.98. The van der Waals surface area contributed by atoms with E-state index < -0.39 is 59.3 Å². The molecule has 122 valence electrons. The van der Waals surface area contributed by atoms with E-state index in [1.54, 1.807) is 0 Å². The number of aliphatic carboxylic acids is 5. The molecule has 0 fully saturated rings. The van der Waals surface area contributed by atoms with Gasteiger partial charge in [-0.25, -0.2) is 0 Å². The number of carbonyl (C=O) groups excluding carboxylic acids is 1. The summed E-state index contributed by atoms with van der Waals surface area (Å²) in [6.45, 7) is 1.18. The topological polar surface area (TPSA) is 204 Å². The molecule has 0 atom stereocenters. The van der Waals surface area contributed by atoms with Gasteiger partial charge in [-0.2, -0.15) is 0 Å². The SMILES string of the molecule is CCC(=O)CC(C(=O)O)(C(=O)O)C(C(=O)O)(C(=O)O)C(=O)O. The number of Topliss-reactive ketones (excluding diaryl/α,β-unsaturated/α-hetero) is 1. The van der Waals surface area contributed by atoms with Crippen LogP contribution in [0.5, 0.6) is 0 Å². The van der Waals surface area contributed by atoms with Crippen LogP contribution in [0.25, 0.3) is 0 Å². The summed E-state index contributed by atoms with van der Waals surface area (Å²) in [5.74, 6) is -14.4. The highest BCUT2D eigenvalue weighted by atomic mass is 16.4. The molecule has 0 spiro atoms. The summed E-state index contributed by atoms with van der Waals surface area (Å²) in [5, 5.41) is 45.1. The highest BCUT2D eigenvalue weighted by Gasteiger charge is 2.76.